The fourth-order valence-electron chi connectivity index (χ4n) is 4.70. The minimum atomic E-state index is -1.09. The molecule has 1 N–H and O–H groups in total. The highest BCUT2D eigenvalue weighted by Gasteiger charge is 2.53. The normalized spacial score (nSPS) is 17.9. The summed E-state index contributed by atoms with van der Waals surface area (Å²) in [5.74, 6) is -3.65. The van der Waals surface area contributed by atoms with Crippen molar-refractivity contribution in [3.8, 4) is 11.1 Å². The third-order valence-electron chi connectivity index (χ3n) is 6.64. The SMILES string of the molecule is O=C(NCC(=O)N1CC2(C[C@H]1C(=O)OCc1ccccc1)OCCO2)c1ccc(-c2ccccc2)cc1F. The molecule has 8 nitrogen and oxygen atoms in total. The van der Waals surface area contributed by atoms with Crippen molar-refractivity contribution in [2.75, 3.05) is 26.3 Å². The van der Waals surface area contributed by atoms with Crippen molar-refractivity contribution < 1.29 is 33.0 Å². The highest BCUT2D eigenvalue weighted by molar-refractivity contribution is 5.97. The van der Waals surface area contributed by atoms with E-state index in [1.54, 1.807) is 6.07 Å². The molecule has 196 valence electrons. The van der Waals surface area contributed by atoms with Crippen LogP contribution in [0.5, 0.6) is 0 Å². The average Bonchev–Trinajstić information content (AvgIpc) is 3.58. The summed E-state index contributed by atoms with van der Waals surface area (Å²) in [6, 6.07) is 21.8. The van der Waals surface area contributed by atoms with Gasteiger partial charge in [-0.2, -0.15) is 0 Å². The summed E-state index contributed by atoms with van der Waals surface area (Å²) < 4.78 is 31.7. The number of benzene rings is 3. The first kappa shape index (κ1) is 25.6. The van der Waals surface area contributed by atoms with Crippen molar-refractivity contribution in [3.63, 3.8) is 0 Å². The highest BCUT2D eigenvalue weighted by Crippen LogP contribution is 2.35. The zero-order valence-electron chi connectivity index (χ0n) is 20.6. The maximum Gasteiger partial charge on any atom is 0.329 e. The number of amides is 2. The van der Waals surface area contributed by atoms with Gasteiger partial charge in [0.1, 0.15) is 18.5 Å². The summed E-state index contributed by atoms with van der Waals surface area (Å²) in [5.41, 5.74) is 2.08. The van der Waals surface area contributed by atoms with E-state index in [1.165, 1.54) is 17.0 Å². The lowest BCUT2D eigenvalue weighted by atomic mass is 10.0. The highest BCUT2D eigenvalue weighted by atomic mass is 19.1. The van der Waals surface area contributed by atoms with Crippen LogP contribution < -0.4 is 5.32 Å². The van der Waals surface area contributed by atoms with Crippen molar-refractivity contribution in [2.24, 2.45) is 0 Å². The van der Waals surface area contributed by atoms with E-state index in [0.717, 1.165) is 11.1 Å². The minimum absolute atomic E-state index is 0.0208. The molecule has 0 unspecified atom stereocenters. The molecule has 1 spiro atoms. The van der Waals surface area contributed by atoms with Gasteiger partial charge in [0, 0.05) is 6.42 Å². The molecule has 2 heterocycles. The molecule has 9 heteroatoms. The molecule has 3 aromatic rings. The van der Waals surface area contributed by atoms with Gasteiger partial charge < -0.3 is 24.4 Å². The van der Waals surface area contributed by atoms with Gasteiger partial charge in [0.15, 0.2) is 5.79 Å². The van der Waals surface area contributed by atoms with E-state index in [-0.39, 0.29) is 25.1 Å². The van der Waals surface area contributed by atoms with Crippen LogP contribution in [0.25, 0.3) is 11.1 Å². The zero-order chi connectivity index (χ0) is 26.5. The molecule has 0 bridgehead atoms. The Bertz CT molecular complexity index is 1310. The fraction of sp³-hybridized carbons (Fsp3) is 0.276. The number of nitrogens with zero attached hydrogens (tertiary/aromatic N) is 1. The van der Waals surface area contributed by atoms with E-state index < -0.39 is 42.0 Å². The Kier molecular flexibility index (Phi) is 7.48. The van der Waals surface area contributed by atoms with Gasteiger partial charge in [-0.15, -0.1) is 0 Å². The molecule has 1 atom stereocenters. The second-order valence-corrected chi connectivity index (χ2v) is 9.19. The summed E-state index contributed by atoms with van der Waals surface area (Å²) >= 11 is 0. The van der Waals surface area contributed by atoms with Crippen molar-refractivity contribution in [1.29, 1.82) is 0 Å². The number of hydrogen-bond donors (Lipinski definition) is 1. The Morgan fingerprint density at radius 2 is 1.63 bits per heavy atom. The van der Waals surface area contributed by atoms with E-state index in [0.29, 0.717) is 18.8 Å². The molecule has 5 rings (SSSR count). The molecule has 2 aliphatic heterocycles. The Hall–Kier alpha value is -4.08. The maximum absolute atomic E-state index is 14.8. The molecule has 2 saturated heterocycles. The van der Waals surface area contributed by atoms with Gasteiger partial charge in [0.05, 0.1) is 31.9 Å². The van der Waals surface area contributed by atoms with Crippen molar-refractivity contribution in [2.45, 2.75) is 24.9 Å². The Balaban J connectivity index is 1.23. The van der Waals surface area contributed by atoms with Crippen molar-refractivity contribution >= 4 is 17.8 Å². The van der Waals surface area contributed by atoms with E-state index in [9.17, 15) is 18.8 Å². The molecule has 2 amide bonds. The Morgan fingerprint density at radius 1 is 0.947 bits per heavy atom. The van der Waals surface area contributed by atoms with Crippen LogP contribution in [-0.2, 0) is 30.4 Å². The molecule has 2 fully saturated rings. The number of halogens is 1. The first-order valence-electron chi connectivity index (χ1n) is 12.4. The summed E-state index contributed by atoms with van der Waals surface area (Å²) in [7, 11) is 0. The van der Waals surface area contributed by atoms with E-state index in [2.05, 4.69) is 5.32 Å². The first-order chi connectivity index (χ1) is 18.4. The lowest BCUT2D eigenvalue weighted by molar-refractivity contribution is -0.155. The molecule has 0 radical (unpaired) electrons. The van der Waals surface area contributed by atoms with Gasteiger partial charge in [0.25, 0.3) is 5.91 Å². The maximum atomic E-state index is 14.8. The van der Waals surface area contributed by atoms with E-state index >= 15 is 0 Å². The summed E-state index contributed by atoms with van der Waals surface area (Å²) in [6.07, 6.45) is 0.121. The van der Waals surface area contributed by atoms with Gasteiger partial charge >= 0.3 is 5.97 Å². The van der Waals surface area contributed by atoms with Gasteiger partial charge in [0.2, 0.25) is 5.91 Å². The smallest absolute Gasteiger partial charge is 0.329 e. The predicted octanol–water partition coefficient (Wildman–Crippen LogP) is 3.31. The van der Waals surface area contributed by atoms with Gasteiger partial charge in [-0.25, -0.2) is 9.18 Å². The van der Waals surface area contributed by atoms with Gasteiger partial charge in [-0.3, -0.25) is 9.59 Å². The number of hydrogen-bond acceptors (Lipinski definition) is 6. The molecule has 0 aromatic heterocycles. The monoisotopic (exact) mass is 518 g/mol. The molecule has 3 aromatic carbocycles. The van der Waals surface area contributed by atoms with Gasteiger partial charge in [-0.1, -0.05) is 66.7 Å². The topological polar surface area (TPSA) is 94.2 Å². The second kappa shape index (κ2) is 11.1. The minimum Gasteiger partial charge on any atom is -0.459 e. The lowest BCUT2D eigenvalue weighted by Crippen LogP contribution is -2.46. The second-order valence-electron chi connectivity index (χ2n) is 9.19. The van der Waals surface area contributed by atoms with Crippen LogP contribution in [0.2, 0.25) is 0 Å². The van der Waals surface area contributed by atoms with E-state index in [4.69, 9.17) is 14.2 Å². The van der Waals surface area contributed by atoms with Crippen LogP contribution in [0, 0.1) is 5.82 Å². The van der Waals surface area contributed by atoms with E-state index in [1.807, 2.05) is 60.7 Å². The lowest BCUT2D eigenvalue weighted by Gasteiger charge is -2.24. The summed E-state index contributed by atoms with van der Waals surface area (Å²) in [4.78, 5) is 40.1. The van der Waals surface area contributed by atoms with Crippen LogP contribution in [0.4, 0.5) is 4.39 Å². The van der Waals surface area contributed by atoms with Crippen LogP contribution in [0.1, 0.15) is 22.3 Å². The molecule has 38 heavy (non-hydrogen) atoms. The summed E-state index contributed by atoms with van der Waals surface area (Å²) in [6.45, 7) is 0.345. The van der Waals surface area contributed by atoms with Crippen LogP contribution >= 0.6 is 0 Å². The number of carbonyl (C=O) groups excluding carboxylic acids is 3. The zero-order valence-corrected chi connectivity index (χ0v) is 20.6. The number of ether oxygens (including phenoxy) is 3. The molecular formula is C29H27FN2O6. The van der Waals surface area contributed by atoms with Gasteiger partial charge in [-0.05, 0) is 28.8 Å². The number of carbonyl (C=O) groups is 3. The summed E-state index contributed by atoms with van der Waals surface area (Å²) in [5, 5.41) is 2.47. The standard InChI is InChI=1S/C29H27FN2O6/c30-24-15-22(21-9-5-2-6-10-21)11-12-23(24)27(34)31-17-26(33)32-19-29(37-13-14-38-29)16-25(32)28(35)36-18-20-7-3-1-4-8-20/h1-12,15,25H,13-14,16-19H2,(H,31,34)/t25-/m0/s1. The van der Waals surface area contributed by atoms with Crippen molar-refractivity contribution in [1.82, 2.24) is 10.2 Å². The largest absolute Gasteiger partial charge is 0.459 e. The first-order valence-corrected chi connectivity index (χ1v) is 12.4. The van der Waals surface area contributed by atoms with Crippen molar-refractivity contribution in [3.05, 3.63) is 95.8 Å². The average molecular weight is 519 g/mol. The van der Waals surface area contributed by atoms with Crippen LogP contribution in [-0.4, -0.2) is 60.8 Å². The van der Waals surface area contributed by atoms with Crippen LogP contribution in [0.3, 0.4) is 0 Å². The third kappa shape index (κ3) is 5.58. The fourth-order valence-corrected chi connectivity index (χ4v) is 4.70. The number of likely N-dealkylation sites (tertiary alicyclic amines) is 1. The number of rotatable bonds is 7. The number of nitrogens with one attached hydrogen (secondary N) is 1. The predicted molar refractivity (Wildman–Crippen MR) is 135 cm³/mol. The quantitative estimate of drug-likeness (QED) is 0.483. The molecular weight excluding hydrogens is 491 g/mol. The number of esters is 1. The Morgan fingerprint density at radius 3 is 2.32 bits per heavy atom. The third-order valence-corrected chi connectivity index (χ3v) is 6.64. The molecule has 0 saturated carbocycles. The molecule has 2 aliphatic rings. The molecule has 0 aliphatic carbocycles. The Labute approximate surface area is 219 Å². The van der Waals surface area contributed by atoms with Crippen LogP contribution in [0.15, 0.2) is 78.9 Å².